The highest BCUT2D eigenvalue weighted by Gasteiger charge is 2.24. The predicted octanol–water partition coefficient (Wildman–Crippen LogP) is 1.35. The quantitative estimate of drug-likeness (QED) is 0.819. The third kappa shape index (κ3) is 4.27. The molecule has 1 aromatic carbocycles. The number of benzene rings is 1. The van der Waals surface area contributed by atoms with Gasteiger partial charge < -0.3 is 9.64 Å². The van der Waals surface area contributed by atoms with Crippen LogP contribution < -0.4 is 4.74 Å². The molecule has 24 heavy (non-hydrogen) atoms. The van der Waals surface area contributed by atoms with Crippen LogP contribution in [-0.2, 0) is 21.2 Å². The first-order valence-electron chi connectivity index (χ1n) is 8.10. The summed E-state index contributed by atoms with van der Waals surface area (Å²) in [4.78, 5) is 14.4. The molecule has 0 atom stereocenters. The molecule has 0 spiro atoms. The molecule has 0 bridgehead atoms. The van der Waals surface area contributed by atoms with Crippen LogP contribution >= 0.6 is 0 Å². The van der Waals surface area contributed by atoms with E-state index < -0.39 is 10.0 Å². The number of carbonyl (C=O) groups excluding carboxylic acids is 1. The molecular formula is C17H26N2O4S. The van der Waals surface area contributed by atoms with E-state index in [0.717, 1.165) is 22.4 Å². The summed E-state index contributed by atoms with van der Waals surface area (Å²) in [5.74, 6) is 0.861. The molecule has 1 aliphatic rings. The largest absolute Gasteiger partial charge is 0.496 e. The van der Waals surface area contributed by atoms with Crippen LogP contribution in [0.15, 0.2) is 12.1 Å². The molecule has 1 amide bonds. The smallest absolute Gasteiger partial charge is 0.227 e. The fraction of sp³-hybridized carbons (Fsp3) is 0.588. The van der Waals surface area contributed by atoms with Crippen molar-refractivity contribution in [2.45, 2.75) is 26.7 Å². The molecule has 134 valence electrons. The maximum absolute atomic E-state index is 12.6. The number of methoxy groups -OCH3 is 1. The van der Waals surface area contributed by atoms with E-state index >= 15 is 0 Å². The van der Waals surface area contributed by atoms with E-state index in [2.05, 4.69) is 0 Å². The van der Waals surface area contributed by atoms with E-state index in [1.165, 1.54) is 10.6 Å². The third-order valence-electron chi connectivity index (χ3n) is 4.69. The molecule has 1 fully saturated rings. The molecule has 0 N–H and O–H groups in total. The second-order valence-corrected chi connectivity index (χ2v) is 8.23. The van der Waals surface area contributed by atoms with E-state index in [4.69, 9.17) is 4.74 Å². The van der Waals surface area contributed by atoms with Crippen molar-refractivity contribution in [3.05, 3.63) is 28.8 Å². The van der Waals surface area contributed by atoms with Crippen LogP contribution in [0, 0.1) is 13.8 Å². The normalized spacial score (nSPS) is 16.8. The van der Waals surface area contributed by atoms with E-state index in [-0.39, 0.29) is 5.91 Å². The van der Waals surface area contributed by atoms with E-state index in [1.54, 1.807) is 12.0 Å². The van der Waals surface area contributed by atoms with Gasteiger partial charge in [0.15, 0.2) is 0 Å². The van der Waals surface area contributed by atoms with Crippen LogP contribution in [0.5, 0.6) is 5.75 Å². The Balaban J connectivity index is 2.07. The van der Waals surface area contributed by atoms with Crippen molar-refractivity contribution >= 4 is 15.9 Å². The number of nitrogens with zero attached hydrogens (tertiary/aromatic N) is 2. The lowest BCUT2D eigenvalue weighted by atomic mass is 9.99. The van der Waals surface area contributed by atoms with Crippen LogP contribution in [0.1, 0.15) is 23.1 Å². The number of hydrogen-bond donors (Lipinski definition) is 0. The van der Waals surface area contributed by atoms with E-state index in [9.17, 15) is 13.2 Å². The summed E-state index contributed by atoms with van der Waals surface area (Å²) < 4.78 is 30.1. The van der Waals surface area contributed by atoms with Crippen molar-refractivity contribution in [2.75, 3.05) is 39.5 Å². The lowest BCUT2D eigenvalue weighted by Crippen LogP contribution is -2.37. The van der Waals surface area contributed by atoms with Crippen molar-refractivity contribution in [1.29, 1.82) is 0 Å². The van der Waals surface area contributed by atoms with Gasteiger partial charge in [-0.2, -0.15) is 0 Å². The van der Waals surface area contributed by atoms with E-state index in [1.807, 2.05) is 26.0 Å². The van der Waals surface area contributed by atoms with Crippen LogP contribution in [-0.4, -0.2) is 63.1 Å². The average Bonchev–Trinajstić information content (AvgIpc) is 2.78. The zero-order valence-corrected chi connectivity index (χ0v) is 15.6. The molecule has 1 aromatic rings. The van der Waals surface area contributed by atoms with Gasteiger partial charge in [0, 0.05) is 26.2 Å². The van der Waals surface area contributed by atoms with Crippen LogP contribution in [0.2, 0.25) is 0 Å². The lowest BCUT2D eigenvalue weighted by molar-refractivity contribution is -0.130. The Kier molecular flexibility index (Phi) is 5.87. The fourth-order valence-electron chi connectivity index (χ4n) is 3.01. The summed E-state index contributed by atoms with van der Waals surface area (Å²) in [5, 5.41) is 0. The van der Waals surface area contributed by atoms with Crippen LogP contribution in [0.25, 0.3) is 0 Å². The Labute approximate surface area is 144 Å². The number of ether oxygens (including phenoxy) is 1. The fourth-order valence-corrected chi connectivity index (χ4v) is 3.89. The Hall–Kier alpha value is -1.60. The number of rotatable bonds is 4. The van der Waals surface area contributed by atoms with Crippen LogP contribution in [0.4, 0.5) is 0 Å². The first kappa shape index (κ1) is 18.7. The Morgan fingerprint density at radius 2 is 1.83 bits per heavy atom. The number of amides is 1. The van der Waals surface area contributed by atoms with Crippen molar-refractivity contribution < 1.29 is 17.9 Å². The second-order valence-electron chi connectivity index (χ2n) is 6.25. The highest BCUT2D eigenvalue weighted by Crippen LogP contribution is 2.24. The molecule has 6 nitrogen and oxygen atoms in total. The Bertz CT molecular complexity index is 716. The van der Waals surface area contributed by atoms with Gasteiger partial charge in [-0.15, -0.1) is 0 Å². The second kappa shape index (κ2) is 7.53. The highest BCUT2D eigenvalue weighted by molar-refractivity contribution is 7.88. The van der Waals surface area contributed by atoms with Gasteiger partial charge >= 0.3 is 0 Å². The summed E-state index contributed by atoms with van der Waals surface area (Å²) in [5.41, 5.74) is 3.10. The van der Waals surface area contributed by atoms with Crippen molar-refractivity contribution in [3.8, 4) is 5.75 Å². The molecule has 0 aliphatic carbocycles. The molecule has 0 unspecified atom stereocenters. The van der Waals surface area contributed by atoms with Gasteiger partial charge in [-0.25, -0.2) is 12.7 Å². The molecule has 0 saturated carbocycles. The van der Waals surface area contributed by atoms with Crippen molar-refractivity contribution in [2.24, 2.45) is 0 Å². The van der Waals surface area contributed by atoms with Crippen LogP contribution in [0.3, 0.4) is 0 Å². The van der Waals surface area contributed by atoms with Gasteiger partial charge in [0.1, 0.15) is 5.75 Å². The third-order valence-corrected chi connectivity index (χ3v) is 5.99. The zero-order chi connectivity index (χ0) is 17.9. The van der Waals surface area contributed by atoms with Gasteiger partial charge in [-0.05, 0) is 43.0 Å². The summed E-state index contributed by atoms with van der Waals surface area (Å²) in [7, 11) is -1.56. The molecule has 1 saturated heterocycles. The molecule has 0 aromatic heterocycles. The molecule has 1 heterocycles. The van der Waals surface area contributed by atoms with Gasteiger partial charge in [0.25, 0.3) is 0 Å². The minimum absolute atomic E-state index is 0.0398. The maximum atomic E-state index is 12.6. The standard InChI is InChI=1S/C17H26N2O4S/c1-13-14(2)16(23-3)7-6-15(13)12-17(20)18-8-5-9-19(11-10-18)24(4,21)22/h6-7H,5,8-12H2,1-4H3. The summed E-state index contributed by atoms with van der Waals surface area (Å²) in [6.07, 6.45) is 2.21. The molecule has 1 aliphatic heterocycles. The predicted molar refractivity (Wildman–Crippen MR) is 93.8 cm³/mol. The SMILES string of the molecule is COc1ccc(CC(=O)N2CCCN(S(C)(=O)=O)CC2)c(C)c1C. The van der Waals surface area contributed by atoms with Crippen molar-refractivity contribution in [3.63, 3.8) is 0 Å². The minimum atomic E-state index is -3.20. The maximum Gasteiger partial charge on any atom is 0.227 e. The highest BCUT2D eigenvalue weighted by atomic mass is 32.2. The number of sulfonamides is 1. The van der Waals surface area contributed by atoms with Gasteiger partial charge in [-0.3, -0.25) is 4.79 Å². The Morgan fingerprint density at radius 1 is 1.12 bits per heavy atom. The molecule has 7 heteroatoms. The van der Waals surface area contributed by atoms with Gasteiger partial charge in [0.05, 0.1) is 19.8 Å². The summed E-state index contributed by atoms with van der Waals surface area (Å²) in [6, 6.07) is 3.82. The van der Waals surface area contributed by atoms with Crippen molar-refractivity contribution in [1.82, 2.24) is 9.21 Å². The lowest BCUT2D eigenvalue weighted by Gasteiger charge is -2.22. The molecule has 0 radical (unpaired) electrons. The van der Waals surface area contributed by atoms with Gasteiger partial charge in [0.2, 0.25) is 15.9 Å². The minimum Gasteiger partial charge on any atom is -0.496 e. The summed E-state index contributed by atoms with van der Waals surface area (Å²) in [6.45, 7) is 5.86. The topological polar surface area (TPSA) is 66.9 Å². The first-order chi connectivity index (χ1) is 11.2. The number of carbonyl (C=O) groups is 1. The average molecular weight is 354 g/mol. The monoisotopic (exact) mass is 354 g/mol. The molecule has 2 rings (SSSR count). The summed E-state index contributed by atoms with van der Waals surface area (Å²) >= 11 is 0. The zero-order valence-electron chi connectivity index (χ0n) is 14.8. The molecular weight excluding hydrogens is 328 g/mol. The number of hydrogen-bond acceptors (Lipinski definition) is 4. The van der Waals surface area contributed by atoms with Gasteiger partial charge in [-0.1, -0.05) is 6.07 Å². The van der Waals surface area contributed by atoms with E-state index in [0.29, 0.717) is 39.0 Å². The Morgan fingerprint density at radius 3 is 2.46 bits per heavy atom. The first-order valence-corrected chi connectivity index (χ1v) is 9.95.